The van der Waals surface area contributed by atoms with Gasteiger partial charge in [-0.3, -0.25) is 9.59 Å². The second-order valence-corrected chi connectivity index (χ2v) is 5.64. The van der Waals surface area contributed by atoms with E-state index in [0.717, 1.165) is 0 Å². The van der Waals surface area contributed by atoms with Crippen molar-refractivity contribution < 1.29 is 19.4 Å². The van der Waals surface area contributed by atoms with Crippen molar-refractivity contribution in [1.82, 2.24) is 5.32 Å². The van der Waals surface area contributed by atoms with Crippen molar-refractivity contribution in [2.24, 2.45) is 5.92 Å². The van der Waals surface area contributed by atoms with Gasteiger partial charge in [0.05, 0.1) is 18.6 Å². The Hall–Kier alpha value is -1.75. The summed E-state index contributed by atoms with van der Waals surface area (Å²) in [4.78, 5) is 23.2. The fraction of sp³-hybridized carbons (Fsp3) is 0.467. The molecular formula is C15H18ClNO4. The molecule has 1 fully saturated rings. The number of aliphatic carboxylic acids is 1. The Morgan fingerprint density at radius 1 is 1.29 bits per heavy atom. The number of methoxy groups -OCH3 is 1. The molecule has 0 heterocycles. The van der Waals surface area contributed by atoms with Crippen molar-refractivity contribution in [3.63, 3.8) is 0 Å². The number of carboxylic acids is 1. The number of rotatable bonds is 4. The number of hydrogen-bond donors (Lipinski definition) is 2. The summed E-state index contributed by atoms with van der Waals surface area (Å²) < 4.78 is 5.16. The molecular weight excluding hydrogens is 294 g/mol. The molecule has 2 rings (SSSR count). The number of carboxylic acid groups (broad SMARTS) is 1. The van der Waals surface area contributed by atoms with Gasteiger partial charge in [-0.05, 0) is 43.9 Å². The smallest absolute Gasteiger partial charge is 0.306 e. The van der Waals surface area contributed by atoms with Crippen LogP contribution in [0.25, 0.3) is 0 Å². The average Bonchev–Trinajstić information content (AvgIpc) is 2.47. The highest BCUT2D eigenvalue weighted by atomic mass is 35.5. The number of hydrogen-bond acceptors (Lipinski definition) is 3. The molecule has 114 valence electrons. The van der Waals surface area contributed by atoms with Crippen LogP contribution in [-0.2, 0) is 4.79 Å². The van der Waals surface area contributed by atoms with Crippen LogP contribution in [-0.4, -0.2) is 30.1 Å². The highest BCUT2D eigenvalue weighted by Crippen LogP contribution is 2.26. The standard InChI is InChI=1S/C15H18ClNO4/c1-21-13-8-10(16)4-7-12(13)14(18)17-11-5-2-9(3-6-11)15(19)20/h4,7-9,11H,2-3,5-6H2,1H3,(H,17,18)(H,19,20). The van der Waals surface area contributed by atoms with Crippen LogP contribution in [0.2, 0.25) is 5.02 Å². The third-order valence-electron chi connectivity index (χ3n) is 3.82. The third-order valence-corrected chi connectivity index (χ3v) is 4.05. The van der Waals surface area contributed by atoms with Crippen molar-refractivity contribution in [3.05, 3.63) is 28.8 Å². The Morgan fingerprint density at radius 2 is 1.95 bits per heavy atom. The van der Waals surface area contributed by atoms with Crippen LogP contribution in [0.4, 0.5) is 0 Å². The number of nitrogens with one attached hydrogen (secondary N) is 1. The summed E-state index contributed by atoms with van der Waals surface area (Å²) in [6, 6.07) is 4.87. The van der Waals surface area contributed by atoms with Gasteiger partial charge in [-0.25, -0.2) is 0 Å². The number of halogens is 1. The molecule has 0 saturated heterocycles. The van der Waals surface area contributed by atoms with Crippen LogP contribution in [0.1, 0.15) is 36.0 Å². The zero-order chi connectivity index (χ0) is 15.4. The molecule has 0 bridgehead atoms. The molecule has 1 aromatic carbocycles. The van der Waals surface area contributed by atoms with Crippen LogP contribution in [0.5, 0.6) is 5.75 Å². The summed E-state index contributed by atoms with van der Waals surface area (Å²) >= 11 is 5.87. The molecule has 1 aliphatic rings. The maximum Gasteiger partial charge on any atom is 0.306 e. The van der Waals surface area contributed by atoms with Crippen molar-refractivity contribution in [2.45, 2.75) is 31.7 Å². The van der Waals surface area contributed by atoms with Crippen LogP contribution in [0, 0.1) is 5.92 Å². The molecule has 0 aliphatic heterocycles. The molecule has 0 atom stereocenters. The minimum Gasteiger partial charge on any atom is -0.496 e. The first-order chi connectivity index (χ1) is 10.0. The Kier molecular flexibility index (Phi) is 5.07. The molecule has 21 heavy (non-hydrogen) atoms. The summed E-state index contributed by atoms with van der Waals surface area (Å²) in [5, 5.41) is 12.4. The third kappa shape index (κ3) is 3.88. The van der Waals surface area contributed by atoms with E-state index in [2.05, 4.69) is 5.32 Å². The molecule has 1 amide bonds. The first-order valence-corrected chi connectivity index (χ1v) is 7.26. The SMILES string of the molecule is COc1cc(Cl)ccc1C(=O)NC1CCC(C(=O)O)CC1. The second kappa shape index (κ2) is 6.80. The summed E-state index contributed by atoms with van der Waals surface area (Å²) in [5.41, 5.74) is 0.433. The molecule has 0 spiro atoms. The molecule has 0 aromatic heterocycles. The van der Waals surface area contributed by atoms with Crippen LogP contribution < -0.4 is 10.1 Å². The first-order valence-electron chi connectivity index (χ1n) is 6.88. The minimum atomic E-state index is -0.751. The van der Waals surface area contributed by atoms with E-state index in [1.807, 2.05) is 0 Å². The van der Waals surface area contributed by atoms with Crippen LogP contribution in [0.3, 0.4) is 0 Å². The van der Waals surface area contributed by atoms with Crippen molar-refractivity contribution in [1.29, 1.82) is 0 Å². The minimum absolute atomic E-state index is 0.00786. The molecule has 6 heteroatoms. The van der Waals surface area contributed by atoms with Crippen LogP contribution >= 0.6 is 11.6 Å². The van der Waals surface area contributed by atoms with Crippen molar-refractivity contribution >= 4 is 23.5 Å². The number of carbonyl (C=O) groups is 2. The summed E-state index contributed by atoms with van der Waals surface area (Å²) in [5.74, 6) is -0.830. The fourth-order valence-electron chi connectivity index (χ4n) is 2.60. The van der Waals surface area contributed by atoms with Gasteiger partial charge >= 0.3 is 5.97 Å². The van der Waals surface area contributed by atoms with Gasteiger partial charge in [0.1, 0.15) is 5.75 Å². The van der Waals surface area contributed by atoms with E-state index >= 15 is 0 Å². The summed E-state index contributed by atoms with van der Waals surface area (Å²) in [6.07, 6.45) is 2.55. The molecule has 1 saturated carbocycles. The number of carbonyl (C=O) groups excluding carboxylic acids is 1. The van der Waals surface area contributed by atoms with Gasteiger partial charge < -0.3 is 15.2 Å². The van der Waals surface area contributed by atoms with E-state index in [1.165, 1.54) is 7.11 Å². The van der Waals surface area contributed by atoms with Gasteiger partial charge in [0.25, 0.3) is 5.91 Å². The Morgan fingerprint density at radius 3 is 2.52 bits per heavy atom. The zero-order valence-corrected chi connectivity index (χ0v) is 12.5. The lowest BCUT2D eigenvalue weighted by atomic mass is 9.86. The van der Waals surface area contributed by atoms with Crippen molar-refractivity contribution in [3.8, 4) is 5.75 Å². The molecule has 5 nitrogen and oxygen atoms in total. The zero-order valence-electron chi connectivity index (χ0n) is 11.8. The maximum absolute atomic E-state index is 12.3. The average molecular weight is 312 g/mol. The number of benzene rings is 1. The largest absolute Gasteiger partial charge is 0.496 e. The molecule has 1 aliphatic carbocycles. The Bertz CT molecular complexity index is 538. The first kappa shape index (κ1) is 15.6. The normalized spacial score (nSPS) is 21.6. The van der Waals surface area contributed by atoms with E-state index in [0.29, 0.717) is 42.0 Å². The predicted molar refractivity (Wildman–Crippen MR) is 78.9 cm³/mol. The van der Waals surface area contributed by atoms with Gasteiger partial charge in [0.15, 0.2) is 0 Å². The Balaban J connectivity index is 1.98. The van der Waals surface area contributed by atoms with E-state index in [1.54, 1.807) is 18.2 Å². The summed E-state index contributed by atoms with van der Waals surface area (Å²) in [6.45, 7) is 0. The van der Waals surface area contributed by atoms with Gasteiger partial charge in [-0.1, -0.05) is 11.6 Å². The molecule has 0 unspecified atom stereocenters. The Labute approximate surface area is 128 Å². The fourth-order valence-corrected chi connectivity index (χ4v) is 2.76. The lowest BCUT2D eigenvalue weighted by Gasteiger charge is -2.27. The van der Waals surface area contributed by atoms with Gasteiger partial charge in [-0.2, -0.15) is 0 Å². The number of amides is 1. The van der Waals surface area contributed by atoms with Gasteiger partial charge in [-0.15, -0.1) is 0 Å². The maximum atomic E-state index is 12.3. The van der Waals surface area contributed by atoms with Gasteiger partial charge in [0, 0.05) is 11.1 Å². The lowest BCUT2D eigenvalue weighted by molar-refractivity contribution is -0.142. The van der Waals surface area contributed by atoms with Crippen LogP contribution in [0.15, 0.2) is 18.2 Å². The van der Waals surface area contributed by atoms with E-state index in [-0.39, 0.29) is 17.9 Å². The highest BCUT2D eigenvalue weighted by molar-refractivity contribution is 6.30. The van der Waals surface area contributed by atoms with E-state index < -0.39 is 5.97 Å². The lowest BCUT2D eigenvalue weighted by Crippen LogP contribution is -2.38. The molecule has 1 aromatic rings. The van der Waals surface area contributed by atoms with E-state index in [4.69, 9.17) is 21.4 Å². The number of ether oxygens (including phenoxy) is 1. The highest BCUT2D eigenvalue weighted by Gasteiger charge is 2.27. The summed E-state index contributed by atoms with van der Waals surface area (Å²) in [7, 11) is 1.49. The predicted octanol–water partition coefficient (Wildman–Crippen LogP) is 2.72. The quantitative estimate of drug-likeness (QED) is 0.896. The second-order valence-electron chi connectivity index (χ2n) is 5.20. The monoisotopic (exact) mass is 311 g/mol. The molecule has 2 N–H and O–H groups in total. The van der Waals surface area contributed by atoms with Gasteiger partial charge in [0.2, 0.25) is 0 Å². The topological polar surface area (TPSA) is 75.6 Å². The molecule has 0 radical (unpaired) electrons. The van der Waals surface area contributed by atoms with E-state index in [9.17, 15) is 9.59 Å². The van der Waals surface area contributed by atoms with Crippen molar-refractivity contribution in [2.75, 3.05) is 7.11 Å².